The van der Waals surface area contributed by atoms with E-state index >= 15 is 0 Å². The first-order valence-corrected chi connectivity index (χ1v) is 9.90. The number of likely N-dealkylation sites (tertiary alicyclic amines) is 1. The summed E-state index contributed by atoms with van der Waals surface area (Å²) in [5.41, 5.74) is 0.825. The van der Waals surface area contributed by atoms with Crippen LogP contribution in [0, 0.1) is 12.7 Å². The number of aliphatic hydroxyl groups is 1. The summed E-state index contributed by atoms with van der Waals surface area (Å²) >= 11 is 0. The second-order valence-electron chi connectivity index (χ2n) is 7.25. The van der Waals surface area contributed by atoms with Gasteiger partial charge in [0.05, 0.1) is 11.8 Å². The van der Waals surface area contributed by atoms with Gasteiger partial charge in [-0.15, -0.1) is 5.10 Å². The predicted octanol–water partition coefficient (Wildman–Crippen LogP) is 2.76. The number of benzene rings is 2. The molecule has 7 nitrogen and oxygen atoms in total. The Hall–Kier alpha value is -3.26. The summed E-state index contributed by atoms with van der Waals surface area (Å²) < 4.78 is 21.2. The molecule has 2 aromatic carbocycles. The monoisotopic (exact) mass is 410 g/mol. The molecule has 0 aliphatic carbocycles. The molecule has 1 amide bonds. The Morgan fingerprint density at radius 3 is 2.57 bits per heavy atom. The molecule has 1 aliphatic rings. The molecule has 0 radical (unpaired) electrons. The lowest BCUT2D eigenvalue weighted by Gasteiger charge is -2.21. The molecule has 0 unspecified atom stereocenters. The van der Waals surface area contributed by atoms with Gasteiger partial charge in [-0.2, -0.15) is 0 Å². The number of carbonyl (C=O) groups is 1. The summed E-state index contributed by atoms with van der Waals surface area (Å²) in [5, 5.41) is 14.8. The lowest BCUT2D eigenvalue weighted by Crippen LogP contribution is -2.33. The van der Waals surface area contributed by atoms with Crippen molar-refractivity contribution in [2.75, 3.05) is 13.1 Å². The average Bonchev–Trinajstić information content (AvgIpc) is 3.06. The fourth-order valence-corrected chi connectivity index (χ4v) is 3.54. The zero-order chi connectivity index (χ0) is 21.1. The molecule has 0 bridgehead atoms. The van der Waals surface area contributed by atoms with Crippen molar-refractivity contribution in [3.05, 3.63) is 72.1 Å². The number of aryl methyl sites for hydroxylation is 1. The summed E-state index contributed by atoms with van der Waals surface area (Å²) in [7, 11) is 0. The van der Waals surface area contributed by atoms with Gasteiger partial charge < -0.3 is 14.7 Å². The summed E-state index contributed by atoms with van der Waals surface area (Å²) in [5.74, 6) is 0.0410. The number of rotatable bonds is 4. The largest absolute Gasteiger partial charge is 0.485 e. The van der Waals surface area contributed by atoms with E-state index in [9.17, 15) is 14.3 Å². The molecule has 1 aliphatic heterocycles. The van der Waals surface area contributed by atoms with E-state index < -0.39 is 18.0 Å². The third kappa shape index (κ3) is 4.18. The molecule has 1 fully saturated rings. The van der Waals surface area contributed by atoms with Crippen LogP contribution in [0.4, 0.5) is 4.39 Å². The van der Waals surface area contributed by atoms with Crippen LogP contribution < -0.4 is 4.74 Å². The van der Waals surface area contributed by atoms with Crippen molar-refractivity contribution in [1.82, 2.24) is 19.7 Å². The van der Waals surface area contributed by atoms with Crippen LogP contribution in [0.25, 0.3) is 5.69 Å². The molecule has 4 rings (SSSR count). The van der Waals surface area contributed by atoms with Gasteiger partial charge in [0.2, 0.25) is 5.82 Å². The van der Waals surface area contributed by atoms with Gasteiger partial charge in [-0.05, 0) is 37.6 Å². The topological polar surface area (TPSA) is 80.5 Å². The van der Waals surface area contributed by atoms with Crippen molar-refractivity contribution in [3.8, 4) is 11.4 Å². The third-order valence-corrected chi connectivity index (χ3v) is 5.17. The zero-order valence-corrected chi connectivity index (χ0v) is 16.6. The van der Waals surface area contributed by atoms with Gasteiger partial charge in [0.25, 0.3) is 5.91 Å². The highest BCUT2D eigenvalue weighted by Crippen LogP contribution is 2.23. The average molecular weight is 410 g/mol. The van der Waals surface area contributed by atoms with E-state index in [0.717, 1.165) is 5.69 Å². The Morgan fingerprint density at radius 2 is 1.80 bits per heavy atom. The highest BCUT2D eigenvalue weighted by molar-refractivity contribution is 5.90. The highest BCUT2D eigenvalue weighted by atomic mass is 19.1. The molecule has 8 heteroatoms. The molecular weight excluding hydrogens is 387 g/mol. The smallest absolute Gasteiger partial charge is 0.293 e. The second kappa shape index (κ2) is 8.62. The minimum atomic E-state index is -0.807. The van der Waals surface area contributed by atoms with E-state index in [1.165, 1.54) is 12.1 Å². The van der Waals surface area contributed by atoms with Crippen LogP contribution in [0.2, 0.25) is 0 Å². The zero-order valence-electron chi connectivity index (χ0n) is 16.6. The van der Waals surface area contributed by atoms with Crippen LogP contribution in [0.5, 0.6) is 5.75 Å². The molecule has 156 valence electrons. The Kier molecular flexibility index (Phi) is 5.76. The minimum absolute atomic E-state index is 0.0974. The molecule has 30 heavy (non-hydrogen) atoms. The molecule has 0 saturated carbocycles. The normalized spacial score (nSPS) is 19.4. The van der Waals surface area contributed by atoms with E-state index in [0.29, 0.717) is 31.8 Å². The lowest BCUT2D eigenvalue weighted by molar-refractivity contribution is 0.0328. The molecule has 1 N–H and O–H groups in total. The Morgan fingerprint density at radius 1 is 1.10 bits per heavy atom. The first-order chi connectivity index (χ1) is 14.5. The molecule has 1 saturated heterocycles. The maximum Gasteiger partial charge on any atom is 0.293 e. The number of amides is 1. The summed E-state index contributed by atoms with van der Waals surface area (Å²) in [4.78, 5) is 18.9. The van der Waals surface area contributed by atoms with Crippen LogP contribution in [-0.2, 0) is 0 Å². The highest BCUT2D eigenvalue weighted by Gasteiger charge is 2.31. The molecule has 1 aromatic heterocycles. The fourth-order valence-electron chi connectivity index (χ4n) is 3.54. The van der Waals surface area contributed by atoms with E-state index in [-0.39, 0.29) is 17.5 Å². The molecule has 2 atom stereocenters. The van der Waals surface area contributed by atoms with E-state index in [4.69, 9.17) is 4.74 Å². The summed E-state index contributed by atoms with van der Waals surface area (Å²) in [6, 6.07) is 15.6. The van der Waals surface area contributed by atoms with Crippen LogP contribution >= 0.6 is 0 Å². The van der Waals surface area contributed by atoms with Crippen LogP contribution in [-0.4, -0.2) is 56.0 Å². The van der Waals surface area contributed by atoms with Gasteiger partial charge in [-0.3, -0.25) is 4.79 Å². The van der Waals surface area contributed by atoms with Gasteiger partial charge in [-0.25, -0.2) is 14.1 Å². The van der Waals surface area contributed by atoms with Crippen molar-refractivity contribution in [2.45, 2.75) is 32.0 Å². The third-order valence-electron chi connectivity index (χ3n) is 5.17. The molecule has 0 spiro atoms. The van der Waals surface area contributed by atoms with Crippen LogP contribution in [0.1, 0.15) is 29.3 Å². The Bertz CT molecular complexity index is 1020. The Labute approximate surface area is 173 Å². The molecule has 3 aromatic rings. The number of carbonyl (C=O) groups excluding carboxylic acids is 1. The first kappa shape index (κ1) is 20.0. The number of halogens is 1. The quantitative estimate of drug-likeness (QED) is 0.715. The number of hydrogen-bond donors (Lipinski definition) is 1. The number of aliphatic hydroxyl groups excluding tert-OH is 1. The maximum atomic E-state index is 13.9. The number of para-hydroxylation sites is 2. The number of nitrogens with zero attached hydrogens (tertiary/aromatic N) is 4. The molecular formula is C22H23FN4O3. The van der Waals surface area contributed by atoms with Crippen molar-refractivity contribution in [1.29, 1.82) is 0 Å². The van der Waals surface area contributed by atoms with E-state index in [1.54, 1.807) is 28.6 Å². The van der Waals surface area contributed by atoms with Crippen molar-refractivity contribution in [3.63, 3.8) is 0 Å². The van der Waals surface area contributed by atoms with Crippen molar-refractivity contribution < 1.29 is 19.0 Å². The SMILES string of the molecule is Cc1nc(C(=O)N2CC[C@H](Oc3ccccc3F)[C@@H](O)CC2)nn1-c1ccccc1. The predicted molar refractivity (Wildman–Crippen MR) is 108 cm³/mol. The van der Waals surface area contributed by atoms with Crippen LogP contribution in [0.15, 0.2) is 54.6 Å². The van der Waals surface area contributed by atoms with Gasteiger partial charge in [0.15, 0.2) is 11.6 Å². The molecule has 2 heterocycles. The van der Waals surface area contributed by atoms with Crippen LogP contribution in [0.3, 0.4) is 0 Å². The van der Waals surface area contributed by atoms with Gasteiger partial charge in [0.1, 0.15) is 11.9 Å². The van der Waals surface area contributed by atoms with Crippen molar-refractivity contribution >= 4 is 5.91 Å². The fraction of sp³-hybridized carbons (Fsp3) is 0.318. The number of hydrogen-bond acceptors (Lipinski definition) is 5. The maximum absolute atomic E-state index is 13.9. The standard InChI is InChI=1S/C22H23FN4O3/c1-15-24-21(25-27(15)16-7-3-2-4-8-16)22(29)26-13-11-18(28)20(12-14-26)30-19-10-6-5-9-17(19)23/h2-10,18,20,28H,11-14H2,1H3/t18-,20-/m0/s1. The number of aromatic nitrogens is 3. The van der Waals surface area contributed by atoms with E-state index in [1.807, 2.05) is 30.3 Å². The Balaban J connectivity index is 1.47. The lowest BCUT2D eigenvalue weighted by atomic mass is 10.1. The van der Waals surface area contributed by atoms with Gasteiger partial charge in [-0.1, -0.05) is 30.3 Å². The second-order valence-corrected chi connectivity index (χ2v) is 7.25. The first-order valence-electron chi connectivity index (χ1n) is 9.90. The van der Waals surface area contributed by atoms with Gasteiger partial charge >= 0.3 is 0 Å². The summed E-state index contributed by atoms with van der Waals surface area (Å²) in [6.45, 7) is 2.49. The van der Waals surface area contributed by atoms with E-state index in [2.05, 4.69) is 10.1 Å². The minimum Gasteiger partial charge on any atom is -0.485 e. The number of ether oxygens (including phenoxy) is 1. The summed E-state index contributed by atoms with van der Waals surface area (Å²) in [6.07, 6.45) is -0.710. The van der Waals surface area contributed by atoms with Gasteiger partial charge in [0, 0.05) is 19.5 Å². The van der Waals surface area contributed by atoms with Crippen molar-refractivity contribution in [2.24, 2.45) is 0 Å².